The topological polar surface area (TPSA) is 132 Å². The molecule has 9 nitrogen and oxygen atoms in total. The molecule has 3 aromatic rings. The van der Waals surface area contributed by atoms with E-state index >= 15 is 0 Å². The van der Waals surface area contributed by atoms with Crippen molar-refractivity contribution in [3.63, 3.8) is 0 Å². The molecule has 0 aliphatic carbocycles. The minimum Gasteiger partial charge on any atom is -1.00 e. The summed E-state index contributed by atoms with van der Waals surface area (Å²) in [6.45, 7) is 0. The van der Waals surface area contributed by atoms with Crippen molar-refractivity contribution in [3.8, 4) is 11.6 Å². The van der Waals surface area contributed by atoms with E-state index in [4.69, 9.17) is 27.9 Å². The van der Waals surface area contributed by atoms with Crippen LogP contribution in [0.1, 0.15) is 22.1 Å². The van der Waals surface area contributed by atoms with Gasteiger partial charge in [-0.15, -0.1) is 0 Å². The zero-order valence-corrected chi connectivity index (χ0v) is 17.3. The van der Waals surface area contributed by atoms with Gasteiger partial charge >= 0.3 is 30.5 Å². The van der Waals surface area contributed by atoms with Gasteiger partial charge in [0.2, 0.25) is 0 Å². The van der Waals surface area contributed by atoms with Gasteiger partial charge in [0.05, 0.1) is 26.8 Å². The van der Waals surface area contributed by atoms with Gasteiger partial charge in [-0.2, -0.15) is 0 Å². The molecule has 2 N–H and O–H groups in total. The Morgan fingerprint density at radius 2 is 1.87 bits per heavy atom. The first-order chi connectivity index (χ1) is 14.3. The Balaban J connectivity index is 0.00000256. The number of aromatic carboxylic acids is 1. The van der Waals surface area contributed by atoms with Crippen LogP contribution in [0.5, 0.6) is 11.6 Å². The van der Waals surface area contributed by atoms with Crippen molar-refractivity contribution in [2.75, 3.05) is 5.32 Å². The zero-order valence-electron chi connectivity index (χ0n) is 16.8. The Morgan fingerprint density at radius 1 is 1.13 bits per heavy atom. The minimum atomic E-state index is -1.35. The number of carboxylic acids is 1. The number of anilines is 1. The van der Waals surface area contributed by atoms with Crippen LogP contribution >= 0.6 is 23.2 Å². The molecule has 0 radical (unpaired) electrons. The Labute approximate surface area is 198 Å². The molecule has 0 bridgehead atoms. The summed E-state index contributed by atoms with van der Waals surface area (Å²) in [4.78, 5) is 38.3. The van der Waals surface area contributed by atoms with Gasteiger partial charge in [0.1, 0.15) is 5.75 Å². The number of hydrogen-bond donors (Lipinski definition) is 2. The maximum atomic E-state index is 12.5. The third-order valence-electron chi connectivity index (χ3n) is 3.81. The van der Waals surface area contributed by atoms with E-state index in [0.717, 1.165) is 6.07 Å². The molecule has 2 aromatic carbocycles. The second kappa shape index (κ2) is 10.3. The quantitative estimate of drug-likeness (QED) is 0.330. The number of nitro groups is 1. The van der Waals surface area contributed by atoms with Crippen molar-refractivity contribution in [2.45, 2.75) is 0 Å². The molecule has 1 amide bonds. The molecule has 0 unspecified atom stereocenters. The summed E-state index contributed by atoms with van der Waals surface area (Å²) in [7, 11) is 0. The summed E-state index contributed by atoms with van der Waals surface area (Å²) in [6.07, 6.45) is 1.30. The third-order valence-corrected chi connectivity index (χ3v) is 4.36. The molecule has 0 spiro atoms. The summed E-state index contributed by atoms with van der Waals surface area (Å²) < 4.78 is 5.37. The summed E-state index contributed by atoms with van der Waals surface area (Å²) in [5.74, 6) is -2.32. The Kier molecular flexibility index (Phi) is 8.02. The van der Waals surface area contributed by atoms with E-state index in [9.17, 15) is 24.8 Å². The second-order valence-corrected chi connectivity index (χ2v) is 6.62. The maximum absolute atomic E-state index is 12.5. The first kappa shape index (κ1) is 24.2. The molecule has 0 aliphatic heterocycles. The monoisotopic (exact) mass is 455 g/mol. The van der Waals surface area contributed by atoms with Gasteiger partial charge in [-0.25, -0.2) is 9.78 Å². The van der Waals surface area contributed by atoms with Gasteiger partial charge in [-0.1, -0.05) is 23.2 Å². The fourth-order valence-corrected chi connectivity index (χ4v) is 2.94. The standard InChI is InChI=1S/C19H11Cl2N3O6.Li.H/c20-10-3-5-12(14(21)8-10)17(25)23-15-6-4-11(9-13(15)19(26)27)30-18-16(24(28)29)2-1-7-22-18;;/h1-9H,(H,23,25)(H,26,27);;/q;+1;-1. The maximum Gasteiger partial charge on any atom is 1.00 e. The van der Waals surface area contributed by atoms with Crippen LogP contribution in [0.15, 0.2) is 54.7 Å². The van der Waals surface area contributed by atoms with E-state index in [-0.39, 0.29) is 59.4 Å². The first-order valence-corrected chi connectivity index (χ1v) is 8.93. The molecule has 0 atom stereocenters. The molecular formula is C19H12Cl2LiN3O6. The number of pyridine rings is 1. The van der Waals surface area contributed by atoms with Crippen molar-refractivity contribution >= 4 is 46.5 Å². The number of carboxylic acid groups (broad SMARTS) is 1. The van der Waals surface area contributed by atoms with Crippen molar-refractivity contribution in [1.82, 2.24) is 4.98 Å². The predicted molar refractivity (Wildman–Crippen MR) is 110 cm³/mol. The number of halogens is 2. The van der Waals surface area contributed by atoms with Crippen LogP contribution in [0, 0.1) is 10.1 Å². The van der Waals surface area contributed by atoms with E-state index in [0.29, 0.717) is 5.02 Å². The fraction of sp³-hybridized carbons (Fsp3) is 0. The van der Waals surface area contributed by atoms with Crippen LogP contribution in [0.2, 0.25) is 10.0 Å². The first-order valence-electron chi connectivity index (χ1n) is 8.17. The van der Waals surface area contributed by atoms with Crippen molar-refractivity contribution in [3.05, 3.63) is 86.0 Å². The van der Waals surface area contributed by atoms with Crippen LogP contribution in [0.25, 0.3) is 0 Å². The molecule has 0 saturated heterocycles. The third kappa shape index (κ3) is 5.74. The van der Waals surface area contributed by atoms with Crippen LogP contribution < -0.4 is 28.9 Å². The Bertz CT molecular complexity index is 1180. The molecule has 31 heavy (non-hydrogen) atoms. The summed E-state index contributed by atoms with van der Waals surface area (Å²) in [6, 6.07) is 10.6. The summed E-state index contributed by atoms with van der Waals surface area (Å²) in [5, 5.41) is 23.5. The molecule has 1 aromatic heterocycles. The van der Waals surface area contributed by atoms with E-state index in [1.165, 1.54) is 48.7 Å². The van der Waals surface area contributed by atoms with E-state index in [2.05, 4.69) is 10.3 Å². The number of benzene rings is 2. The Hall–Kier alpha value is -3.09. The number of carbonyl (C=O) groups excluding carboxylic acids is 1. The molecular weight excluding hydrogens is 444 g/mol. The van der Waals surface area contributed by atoms with Crippen LogP contribution in [-0.2, 0) is 0 Å². The molecule has 0 fully saturated rings. The van der Waals surface area contributed by atoms with E-state index < -0.39 is 16.8 Å². The summed E-state index contributed by atoms with van der Waals surface area (Å²) in [5.41, 5.74) is -0.614. The molecule has 154 valence electrons. The largest absolute Gasteiger partial charge is 1.00 e. The van der Waals surface area contributed by atoms with Crippen LogP contribution in [0.4, 0.5) is 11.4 Å². The van der Waals surface area contributed by atoms with Gasteiger partial charge in [0.25, 0.3) is 11.8 Å². The van der Waals surface area contributed by atoms with Crippen molar-refractivity contribution in [2.24, 2.45) is 0 Å². The van der Waals surface area contributed by atoms with Crippen LogP contribution in [0.3, 0.4) is 0 Å². The summed E-state index contributed by atoms with van der Waals surface area (Å²) >= 11 is 11.8. The molecule has 1 heterocycles. The van der Waals surface area contributed by atoms with Crippen molar-refractivity contribution < 1.29 is 44.6 Å². The average molecular weight is 456 g/mol. The fourth-order valence-electron chi connectivity index (χ4n) is 2.45. The van der Waals surface area contributed by atoms with E-state index in [1.807, 2.05) is 0 Å². The van der Waals surface area contributed by atoms with E-state index in [1.54, 1.807) is 0 Å². The molecule has 12 heteroatoms. The number of carbonyl (C=O) groups is 2. The van der Waals surface area contributed by atoms with Gasteiger partial charge in [-0.05, 0) is 42.5 Å². The average Bonchev–Trinajstić information content (AvgIpc) is 2.69. The van der Waals surface area contributed by atoms with Gasteiger partial charge in [0, 0.05) is 17.3 Å². The van der Waals surface area contributed by atoms with Crippen LogP contribution in [-0.4, -0.2) is 26.9 Å². The number of hydrogen-bond acceptors (Lipinski definition) is 6. The number of rotatable bonds is 6. The SMILES string of the molecule is O=C(Nc1ccc(Oc2ncccc2[N+](=O)[O-])cc1C(=O)O)c1ccc(Cl)cc1Cl.[H-].[Li+]. The van der Waals surface area contributed by atoms with Gasteiger partial charge in [0.15, 0.2) is 0 Å². The number of ether oxygens (including phenoxy) is 1. The number of nitrogens with one attached hydrogen (secondary N) is 1. The minimum absolute atomic E-state index is 0. The Morgan fingerprint density at radius 3 is 2.52 bits per heavy atom. The molecule has 0 aliphatic rings. The second-order valence-electron chi connectivity index (χ2n) is 5.78. The van der Waals surface area contributed by atoms with Gasteiger partial charge in [-0.3, -0.25) is 14.9 Å². The normalized spacial score (nSPS) is 10.0. The number of aromatic nitrogens is 1. The smallest absolute Gasteiger partial charge is 1.00 e. The molecule has 0 saturated carbocycles. The van der Waals surface area contributed by atoms with Crippen molar-refractivity contribution in [1.29, 1.82) is 0 Å². The zero-order chi connectivity index (χ0) is 21.8. The molecule has 3 rings (SSSR count). The predicted octanol–water partition coefficient (Wildman–Crippen LogP) is 2.16. The number of nitrogens with zero attached hydrogens (tertiary/aromatic N) is 2. The van der Waals surface area contributed by atoms with Gasteiger partial charge < -0.3 is 16.6 Å². The number of amides is 1.